The van der Waals surface area contributed by atoms with Crippen molar-refractivity contribution >= 4 is 11.8 Å². The van der Waals surface area contributed by atoms with Crippen LogP contribution < -0.4 is 0 Å². The van der Waals surface area contributed by atoms with Crippen molar-refractivity contribution in [1.82, 2.24) is 4.90 Å². The Labute approximate surface area is 58.4 Å². The van der Waals surface area contributed by atoms with Crippen LogP contribution in [0.15, 0.2) is 12.2 Å². The number of imide groups is 1. The number of likely N-dealkylation sites (N-methyl/N-ethyl adjacent to an activating group) is 1. The van der Waals surface area contributed by atoms with Gasteiger partial charge in [-0.05, 0) is 6.92 Å². The molecule has 56 valence electrons. The third-order valence-electron chi connectivity index (χ3n) is 1.22. The second-order valence-corrected chi connectivity index (χ2v) is 1.75. The summed E-state index contributed by atoms with van der Waals surface area (Å²) in [5.74, 6) is -0.412. The second kappa shape index (κ2) is 3.12. The van der Waals surface area contributed by atoms with Crippen molar-refractivity contribution < 1.29 is 15.1 Å². The lowest BCUT2D eigenvalue weighted by Crippen LogP contribution is -2.29. The fraction of sp³-hybridized carbons (Fsp3) is 0.333. The quantitative estimate of drug-likeness (QED) is 0.446. The van der Waals surface area contributed by atoms with E-state index in [2.05, 4.69) is 0 Å². The van der Waals surface area contributed by atoms with Crippen molar-refractivity contribution in [1.29, 1.82) is 0 Å². The Kier molecular flexibility index (Phi) is 2.76. The van der Waals surface area contributed by atoms with Crippen LogP contribution >= 0.6 is 0 Å². The molecular formula is C6H9NO3. The average Bonchev–Trinajstić information content (AvgIpc) is 2.12. The van der Waals surface area contributed by atoms with Crippen LogP contribution in [0.25, 0.3) is 0 Å². The average molecular weight is 143 g/mol. The molecule has 1 heterocycles. The topological polar surface area (TPSA) is 68.9 Å². The van der Waals surface area contributed by atoms with Gasteiger partial charge < -0.3 is 5.48 Å². The summed E-state index contributed by atoms with van der Waals surface area (Å²) in [6.07, 6.45) is 2.57. The van der Waals surface area contributed by atoms with Crippen molar-refractivity contribution in [3.05, 3.63) is 12.2 Å². The van der Waals surface area contributed by atoms with Gasteiger partial charge in [-0.3, -0.25) is 14.5 Å². The Morgan fingerprint density at radius 1 is 1.30 bits per heavy atom. The number of amides is 2. The smallest absolute Gasteiger partial charge is 0.253 e. The molecule has 0 radical (unpaired) electrons. The van der Waals surface area contributed by atoms with Crippen LogP contribution in [0.4, 0.5) is 0 Å². The summed E-state index contributed by atoms with van der Waals surface area (Å²) in [6, 6.07) is 0. The van der Waals surface area contributed by atoms with Gasteiger partial charge in [-0.1, -0.05) is 0 Å². The highest BCUT2D eigenvalue weighted by molar-refractivity contribution is 6.12. The van der Waals surface area contributed by atoms with Gasteiger partial charge in [0.05, 0.1) is 0 Å². The fourth-order valence-electron chi connectivity index (χ4n) is 0.743. The van der Waals surface area contributed by atoms with E-state index in [0.29, 0.717) is 6.54 Å². The Morgan fingerprint density at radius 2 is 1.70 bits per heavy atom. The molecule has 0 aromatic rings. The summed E-state index contributed by atoms with van der Waals surface area (Å²) in [5.41, 5.74) is 0. The molecule has 0 saturated carbocycles. The standard InChI is InChI=1S/C6H7NO2.H2O/c1-2-7-5(8)3-4-6(7)9;/h3-4H,2H2,1H3;1H2. The van der Waals surface area contributed by atoms with E-state index in [0.717, 1.165) is 0 Å². The summed E-state index contributed by atoms with van der Waals surface area (Å²) in [6.45, 7) is 2.23. The van der Waals surface area contributed by atoms with Crippen LogP contribution in [-0.2, 0) is 9.59 Å². The maximum Gasteiger partial charge on any atom is 0.253 e. The monoisotopic (exact) mass is 143 g/mol. The van der Waals surface area contributed by atoms with Gasteiger partial charge in [0.2, 0.25) is 0 Å². The molecular weight excluding hydrogens is 134 g/mol. The first-order valence-corrected chi connectivity index (χ1v) is 2.79. The first kappa shape index (κ1) is 8.84. The first-order chi connectivity index (χ1) is 4.25. The molecule has 0 saturated heterocycles. The normalized spacial score (nSPS) is 15.9. The zero-order valence-corrected chi connectivity index (χ0v) is 5.63. The Morgan fingerprint density at radius 3 is 1.90 bits per heavy atom. The predicted molar refractivity (Wildman–Crippen MR) is 35.1 cm³/mol. The number of hydrogen-bond acceptors (Lipinski definition) is 2. The van der Waals surface area contributed by atoms with Crippen LogP contribution in [0.1, 0.15) is 6.92 Å². The summed E-state index contributed by atoms with van der Waals surface area (Å²) in [7, 11) is 0. The molecule has 10 heavy (non-hydrogen) atoms. The third-order valence-corrected chi connectivity index (χ3v) is 1.22. The van der Waals surface area contributed by atoms with Crippen molar-refractivity contribution in [2.75, 3.05) is 6.54 Å². The molecule has 0 unspecified atom stereocenters. The third kappa shape index (κ3) is 1.22. The number of carbonyl (C=O) groups is 2. The molecule has 1 aliphatic rings. The number of hydrogen-bond donors (Lipinski definition) is 0. The minimum Gasteiger partial charge on any atom is -0.412 e. The molecule has 0 bridgehead atoms. The summed E-state index contributed by atoms with van der Waals surface area (Å²) in [4.78, 5) is 22.4. The van der Waals surface area contributed by atoms with Crippen LogP contribution in [0.5, 0.6) is 0 Å². The van der Waals surface area contributed by atoms with Crippen molar-refractivity contribution in [3.63, 3.8) is 0 Å². The van der Waals surface area contributed by atoms with Crippen molar-refractivity contribution in [2.24, 2.45) is 0 Å². The SMILES string of the molecule is CCN1C(=O)C=CC1=O.O. The van der Waals surface area contributed by atoms with E-state index < -0.39 is 0 Å². The predicted octanol–water partition coefficient (Wildman–Crippen LogP) is -0.893. The van der Waals surface area contributed by atoms with Gasteiger partial charge in [0.25, 0.3) is 11.8 Å². The number of rotatable bonds is 1. The highest BCUT2D eigenvalue weighted by atomic mass is 16.2. The molecule has 1 aliphatic heterocycles. The lowest BCUT2D eigenvalue weighted by molar-refractivity contribution is -0.136. The molecule has 2 amide bonds. The van der Waals surface area contributed by atoms with Crippen molar-refractivity contribution in [3.8, 4) is 0 Å². The van der Waals surface area contributed by atoms with E-state index in [1.54, 1.807) is 6.92 Å². The fourth-order valence-corrected chi connectivity index (χ4v) is 0.743. The van der Waals surface area contributed by atoms with Crippen LogP contribution in [-0.4, -0.2) is 28.7 Å². The van der Waals surface area contributed by atoms with Gasteiger partial charge in [0.15, 0.2) is 0 Å². The number of nitrogens with zero attached hydrogens (tertiary/aromatic N) is 1. The largest absolute Gasteiger partial charge is 0.412 e. The van der Waals surface area contributed by atoms with E-state index >= 15 is 0 Å². The van der Waals surface area contributed by atoms with E-state index in [4.69, 9.17) is 0 Å². The molecule has 2 N–H and O–H groups in total. The number of carbonyl (C=O) groups excluding carboxylic acids is 2. The Balaban J connectivity index is 0.000000810. The van der Waals surface area contributed by atoms with E-state index in [1.165, 1.54) is 17.1 Å². The molecule has 4 heteroatoms. The highest BCUT2D eigenvalue weighted by Gasteiger charge is 2.20. The molecule has 1 rings (SSSR count). The molecule has 0 atom stereocenters. The van der Waals surface area contributed by atoms with Gasteiger partial charge in [0, 0.05) is 18.7 Å². The van der Waals surface area contributed by atoms with Gasteiger partial charge in [-0.2, -0.15) is 0 Å². The van der Waals surface area contributed by atoms with Crippen LogP contribution in [0, 0.1) is 0 Å². The summed E-state index contributed by atoms with van der Waals surface area (Å²) in [5, 5.41) is 0. The van der Waals surface area contributed by atoms with E-state index in [9.17, 15) is 9.59 Å². The minimum atomic E-state index is -0.206. The molecule has 0 spiro atoms. The summed E-state index contributed by atoms with van der Waals surface area (Å²) < 4.78 is 0. The maximum absolute atomic E-state index is 10.6. The molecule has 0 aromatic heterocycles. The molecule has 4 nitrogen and oxygen atoms in total. The van der Waals surface area contributed by atoms with Gasteiger partial charge in [0.1, 0.15) is 0 Å². The Hall–Kier alpha value is -1.16. The Bertz CT molecular complexity index is 167. The van der Waals surface area contributed by atoms with Gasteiger partial charge in [-0.25, -0.2) is 0 Å². The second-order valence-electron chi connectivity index (χ2n) is 1.75. The highest BCUT2D eigenvalue weighted by Crippen LogP contribution is 2.00. The zero-order valence-electron chi connectivity index (χ0n) is 5.63. The molecule has 0 aromatic carbocycles. The van der Waals surface area contributed by atoms with E-state index in [1.807, 2.05) is 0 Å². The zero-order chi connectivity index (χ0) is 6.85. The lowest BCUT2D eigenvalue weighted by Gasteiger charge is -2.08. The van der Waals surface area contributed by atoms with Crippen LogP contribution in [0.3, 0.4) is 0 Å². The minimum absolute atomic E-state index is 0. The van der Waals surface area contributed by atoms with Crippen LogP contribution in [0.2, 0.25) is 0 Å². The molecule has 0 aliphatic carbocycles. The van der Waals surface area contributed by atoms with Gasteiger partial charge >= 0.3 is 0 Å². The maximum atomic E-state index is 10.6. The van der Waals surface area contributed by atoms with Crippen molar-refractivity contribution in [2.45, 2.75) is 6.92 Å². The lowest BCUT2D eigenvalue weighted by atomic mass is 10.5. The first-order valence-electron chi connectivity index (χ1n) is 2.79. The molecule has 0 fully saturated rings. The van der Waals surface area contributed by atoms with E-state index in [-0.39, 0.29) is 17.3 Å². The van der Waals surface area contributed by atoms with Gasteiger partial charge in [-0.15, -0.1) is 0 Å². The summed E-state index contributed by atoms with van der Waals surface area (Å²) >= 11 is 0.